The van der Waals surface area contributed by atoms with E-state index in [0.717, 1.165) is 28.4 Å². The number of ether oxygens (including phenoxy) is 1. The number of carbonyl (C=O) groups excluding carboxylic acids is 1. The first-order valence-corrected chi connectivity index (χ1v) is 7.61. The Morgan fingerprint density at radius 1 is 1.37 bits per heavy atom. The fraction of sp³-hybridized carbons (Fsp3) is 0.538. The van der Waals surface area contributed by atoms with Crippen molar-refractivity contribution in [1.82, 2.24) is 5.32 Å². The number of thiophene rings is 1. The minimum atomic E-state index is -0.287. The first-order valence-electron chi connectivity index (χ1n) is 6.39. The van der Waals surface area contributed by atoms with Crippen LogP contribution in [-0.2, 0) is 11.2 Å². The lowest BCUT2D eigenvalue weighted by Crippen LogP contribution is -2.28. The number of carbonyl (C=O) groups is 1. The SMILES string of the molecule is CCNC(=S)Nc1sc(C)c(CC)c1C(=O)OCC. The van der Waals surface area contributed by atoms with E-state index in [9.17, 15) is 4.79 Å². The Balaban J connectivity index is 3.09. The first kappa shape index (κ1) is 15.9. The Bertz CT molecular complexity index is 469. The number of hydrogen-bond donors (Lipinski definition) is 2. The molecule has 0 aliphatic rings. The monoisotopic (exact) mass is 300 g/mol. The van der Waals surface area contributed by atoms with Crippen LogP contribution in [0.1, 0.15) is 41.6 Å². The highest BCUT2D eigenvalue weighted by Crippen LogP contribution is 2.34. The second kappa shape index (κ2) is 7.45. The highest BCUT2D eigenvalue weighted by molar-refractivity contribution is 7.80. The van der Waals surface area contributed by atoms with Crippen molar-refractivity contribution < 1.29 is 9.53 Å². The summed E-state index contributed by atoms with van der Waals surface area (Å²) in [4.78, 5) is 13.2. The minimum absolute atomic E-state index is 0.287. The van der Waals surface area contributed by atoms with E-state index in [1.807, 2.05) is 20.8 Å². The van der Waals surface area contributed by atoms with Gasteiger partial charge in [0.1, 0.15) is 5.00 Å². The number of esters is 1. The third-order valence-corrected chi connectivity index (χ3v) is 3.92. The van der Waals surface area contributed by atoms with Crippen LogP contribution in [-0.4, -0.2) is 24.2 Å². The van der Waals surface area contributed by atoms with Gasteiger partial charge in [-0.2, -0.15) is 0 Å². The fourth-order valence-corrected chi connectivity index (χ4v) is 3.27. The van der Waals surface area contributed by atoms with Crippen LogP contribution in [0.5, 0.6) is 0 Å². The molecule has 1 aromatic heterocycles. The van der Waals surface area contributed by atoms with Gasteiger partial charge in [0, 0.05) is 11.4 Å². The van der Waals surface area contributed by atoms with Gasteiger partial charge >= 0.3 is 5.97 Å². The zero-order valence-electron chi connectivity index (χ0n) is 11.8. The van der Waals surface area contributed by atoms with Crippen molar-refractivity contribution in [3.05, 3.63) is 16.0 Å². The Hall–Kier alpha value is -1.14. The Kier molecular flexibility index (Phi) is 6.24. The van der Waals surface area contributed by atoms with Gasteiger partial charge in [0.2, 0.25) is 0 Å². The number of rotatable bonds is 5. The summed E-state index contributed by atoms with van der Waals surface area (Å²) < 4.78 is 5.13. The Morgan fingerprint density at radius 2 is 2.05 bits per heavy atom. The van der Waals surface area contributed by atoms with Crippen molar-refractivity contribution >= 4 is 39.6 Å². The van der Waals surface area contributed by atoms with Crippen molar-refractivity contribution in [1.29, 1.82) is 0 Å². The Labute approximate surface area is 123 Å². The molecule has 4 nitrogen and oxygen atoms in total. The smallest absolute Gasteiger partial charge is 0.341 e. The van der Waals surface area contributed by atoms with Crippen LogP contribution in [0, 0.1) is 6.92 Å². The van der Waals surface area contributed by atoms with E-state index >= 15 is 0 Å². The summed E-state index contributed by atoms with van der Waals surface area (Å²) in [6.45, 7) is 8.92. The van der Waals surface area contributed by atoms with Crippen LogP contribution in [0.2, 0.25) is 0 Å². The van der Waals surface area contributed by atoms with Crippen molar-refractivity contribution in [2.24, 2.45) is 0 Å². The van der Waals surface area contributed by atoms with E-state index in [1.54, 1.807) is 6.92 Å². The summed E-state index contributed by atoms with van der Waals surface area (Å²) in [7, 11) is 0. The highest BCUT2D eigenvalue weighted by Gasteiger charge is 2.22. The molecule has 106 valence electrons. The maximum atomic E-state index is 12.1. The number of nitrogens with one attached hydrogen (secondary N) is 2. The zero-order chi connectivity index (χ0) is 14.4. The van der Waals surface area contributed by atoms with E-state index in [2.05, 4.69) is 10.6 Å². The molecular formula is C13H20N2O2S2. The molecule has 1 aromatic rings. The van der Waals surface area contributed by atoms with Gasteiger partial charge in [-0.3, -0.25) is 0 Å². The molecule has 1 heterocycles. The molecule has 0 unspecified atom stereocenters. The lowest BCUT2D eigenvalue weighted by atomic mass is 10.1. The topological polar surface area (TPSA) is 50.4 Å². The standard InChI is InChI=1S/C13H20N2O2S2/c1-5-9-8(4)19-11(15-13(18)14-6-2)10(9)12(16)17-7-3/h5-7H2,1-4H3,(H2,14,15,18). The molecule has 0 fully saturated rings. The second-order valence-electron chi connectivity index (χ2n) is 3.90. The second-order valence-corrected chi connectivity index (χ2v) is 5.53. The summed E-state index contributed by atoms with van der Waals surface area (Å²) in [5.74, 6) is -0.287. The van der Waals surface area contributed by atoms with Gasteiger partial charge in [-0.15, -0.1) is 11.3 Å². The van der Waals surface area contributed by atoms with Crippen molar-refractivity contribution in [3.63, 3.8) is 0 Å². The lowest BCUT2D eigenvalue weighted by Gasteiger charge is -2.10. The van der Waals surface area contributed by atoms with Crippen molar-refractivity contribution in [2.75, 3.05) is 18.5 Å². The van der Waals surface area contributed by atoms with E-state index in [-0.39, 0.29) is 5.97 Å². The van der Waals surface area contributed by atoms with Crippen LogP contribution in [0.25, 0.3) is 0 Å². The summed E-state index contributed by atoms with van der Waals surface area (Å²) >= 11 is 6.70. The van der Waals surface area contributed by atoms with Gasteiger partial charge in [0.25, 0.3) is 0 Å². The highest BCUT2D eigenvalue weighted by atomic mass is 32.1. The number of aryl methyl sites for hydroxylation is 1. The van der Waals surface area contributed by atoms with Crippen LogP contribution < -0.4 is 10.6 Å². The van der Waals surface area contributed by atoms with Gasteiger partial charge in [0.15, 0.2) is 5.11 Å². The molecule has 0 atom stereocenters. The predicted molar refractivity (Wildman–Crippen MR) is 84.3 cm³/mol. The zero-order valence-corrected chi connectivity index (χ0v) is 13.4. The van der Waals surface area contributed by atoms with Crippen LogP contribution in [0.3, 0.4) is 0 Å². The summed E-state index contributed by atoms with van der Waals surface area (Å²) in [5.41, 5.74) is 1.65. The number of hydrogen-bond acceptors (Lipinski definition) is 4. The molecule has 0 bridgehead atoms. The van der Waals surface area contributed by atoms with Crippen LogP contribution in [0.15, 0.2) is 0 Å². The fourth-order valence-electron chi connectivity index (χ4n) is 1.82. The van der Waals surface area contributed by atoms with Gasteiger partial charge in [-0.05, 0) is 45.0 Å². The maximum absolute atomic E-state index is 12.1. The Morgan fingerprint density at radius 3 is 2.58 bits per heavy atom. The molecule has 1 rings (SSSR count). The largest absolute Gasteiger partial charge is 0.462 e. The van der Waals surface area contributed by atoms with Gasteiger partial charge in [0.05, 0.1) is 12.2 Å². The molecule has 0 spiro atoms. The van der Waals surface area contributed by atoms with Gasteiger partial charge < -0.3 is 15.4 Å². The predicted octanol–water partition coefficient (Wildman–Crippen LogP) is 3.10. The quantitative estimate of drug-likeness (QED) is 0.646. The molecule has 0 radical (unpaired) electrons. The first-order chi connectivity index (χ1) is 9.04. The third-order valence-electron chi connectivity index (χ3n) is 2.61. The molecule has 19 heavy (non-hydrogen) atoms. The van der Waals surface area contributed by atoms with E-state index in [0.29, 0.717) is 17.3 Å². The van der Waals surface area contributed by atoms with Crippen LogP contribution >= 0.6 is 23.6 Å². The van der Waals surface area contributed by atoms with E-state index in [4.69, 9.17) is 17.0 Å². The molecule has 0 amide bonds. The third kappa shape index (κ3) is 3.91. The average molecular weight is 300 g/mol. The molecule has 6 heteroatoms. The van der Waals surface area contributed by atoms with Crippen molar-refractivity contribution in [2.45, 2.75) is 34.1 Å². The molecule has 0 saturated heterocycles. The molecular weight excluding hydrogens is 280 g/mol. The van der Waals surface area contributed by atoms with Gasteiger partial charge in [-0.25, -0.2) is 4.79 Å². The maximum Gasteiger partial charge on any atom is 0.341 e. The summed E-state index contributed by atoms with van der Waals surface area (Å²) in [5, 5.41) is 7.39. The number of thiocarbonyl (C=S) groups is 1. The van der Waals surface area contributed by atoms with Gasteiger partial charge in [-0.1, -0.05) is 6.92 Å². The van der Waals surface area contributed by atoms with Crippen molar-refractivity contribution in [3.8, 4) is 0 Å². The minimum Gasteiger partial charge on any atom is -0.462 e. The average Bonchev–Trinajstić information content (AvgIpc) is 2.65. The number of anilines is 1. The van der Waals surface area contributed by atoms with E-state index in [1.165, 1.54) is 11.3 Å². The molecule has 0 saturated carbocycles. The summed E-state index contributed by atoms with van der Waals surface area (Å²) in [6.07, 6.45) is 0.798. The van der Waals surface area contributed by atoms with E-state index < -0.39 is 0 Å². The van der Waals surface area contributed by atoms with Crippen LogP contribution in [0.4, 0.5) is 5.00 Å². The molecule has 0 aliphatic carbocycles. The molecule has 0 aliphatic heterocycles. The normalized spacial score (nSPS) is 10.1. The molecule has 0 aromatic carbocycles. The molecule has 2 N–H and O–H groups in total. The lowest BCUT2D eigenvalue weighted by molar-refractivity contribution is 0.0527. The summed E-state index contributed by atoms with van der Waals surface area (Å²) in [6, 6.07) is 0.